The van der Waals surface area contributed by atoms with E-state index in [2.05, 4.69) is 16.8 Å². The highest BCUT2D eigenvalue weighted by Crippen LogP contribution is 2.23. The molecule has 0 rings (SSSR count). The molecule has 0 aliphatic heterocycles. The van der Waals surface area contributed by atoms with Gasteiger partial charge in [-0.3, -0.25) is 0 Å². The summed E-state index contributed by atoms with van der Waals surface area (Å²) in [7, 11) is -1.31. The number of hydrogen-bond donors (Lipinski definition) is 1. The monoisotopic (exact) mass is 390 g/mol. The summed E-state index contributed by atoms with van der Waals surface area (Å²) in [4.78, 5) is 8.45. The molecule has 156 valence electrons. The molecule has 0 spiro atoms. The van der Waals surface area contributed by atoms with Crippen LogP contribution in [0.3, 0.4) is 0 Å². The molecule has 0 saturated heterocycles. The van der Waals surface area contributed by atoms with Gasteiger partial charge < -0.3 is 0 Å². The van der Waals surface area contributed by atoms with Crippen LogP contribution in [0.1, 0.15) is 122 Å². The second-order valence-corrected chi connectivity index (χ2v) is 9.23. The molecule has 26 heavy (non-hydrogen) atoms. The molecule has 1 atom stereocenters. The van der Waals surface area contributed by atoms with Gasteiger partial charge in [-0.15, -0.1) is 4.99 Å². The molecule has 4 nitrogen and oxygen atoms in total. The van der Waals surface area contributed by atoms with Crippen LogP contribution in [0.25, 0.3) is 0 Å². The fraction of sp³-hybridized carbons (Fsp3) is 1.00. The maximum Gasteiger partial charge on any atom is 0.369 e. The smallest absolute Gasteiger partial charge is 0.183 e. The first-order valence-electron chi connectivity index (χ1n) is 11.2. The van der Waals surface area contributed by atoms with Gasteiger partial charge in [0.15, 0.2) is 0 Å². The molecule has 0 aliphatic rings. The van der Waals surface area contributed by atoms with Gasteiger partial charge in [0.05, 0.1) is 0 Å². The molecule has 0 aromatic rings. The summed E-state index contributed by atoms with van der Waals surface area (Å²) >= 11 is 0. The van der Waals surface area contributed by atoms with E-state index in [0.29, 0.717) is 0 Å². The van der Waals surface area contributed by atoms with E-state index in [1.807, 2.05) is 0 Å². The van der Waals surface area contributed by atoms with Gasteiger partial charge in [0.25, 0.3) is 6.35 Å². The average Bonchev–Trinajstić information content (AvgIpc) is 2.65. The van der Waals surface area contributed by atoms with Crippen LogP contribution in [0.2, 0.25) is 0 Å². The number of hydrogen-bond acceptors (Lipinski definition) is 4. The van der Waals surface area contributed by atoms with Gasteiger partial charge in [0.1, 0.15) is 6.16 Å². The summed E-state index contributed by atoms with van der Waals surface area (Å²) in [6, 6.07) is 0. The third kappa shape index (κ3) is 22.0. The van der Waals surface area contributed by atoms with Crippen LogP contribution >= 0.6 is 7.80 Å². The van der Waals surface area contributed by atoms with Crippen molar-refractivity contribution in [3.8, 4) is 0 Å². The molecular formula is C21H45NO3P+. The summed E-state index contributed by atoms with van der Waals surface area (Å²) in [6.45, 7) is 2.28. The van der Waals surface area contributed by atoms with Crippen LogP contribution in [0, 0.1) is 0 Å². The van der Waals surface area contributed by atoms with E-state index in [0.717, 1.165) is 12.6 Å². The van der Waals surface area contributed by atoms with Gasteiger partial charge in [-0.25, -0.2) is 0 Å². The van der Waals surface area contributed by atoms with Crippen LogP contribution in [0.4, 0.5) is 0 Å². The molecule has 0 bridgehead atoms. The van der Waals surface area contributed by atoms with Gasteiger partial charge in [-0.05, 0) is 12.8 Å². The topological polar surface area (TPSA) is 61.5 Å². The summed E-state index contributed by atoms with van der Waals surface area (Å²) in [6.07, 6.45) is 25.5. The highest BCUT2D eigenvalue weighted by Gasteiger charge is 2.14. The predicted molar refractivity (Wildman–Crippen MR) is 112 cm³/mol. The maximum atomic E-state index is 11.5. The normalized spacial score (nSPS) is 11.8. The highest BCUT2D eigenvalue weighted by atomic mass is 31.1. The van der Waals surface area contributed by atoms with Crippen molar-refractivity contribution in [3.63, 3.8) is 0 Å². The molecular weight excluding hydrogens is 345 g/mol. The van der Waals surface area contributed by atoms with Crippen molar-refractivity contribution in [1.82, 2.24) is 0 Å². The van der Waals surface area contributed by atoms with Crippen molar-refractivity contribution in [3.05, 3.63) is 0 Å². The second-order valence-electron chi connectivity index (χ2n) is 7.56. The van der Waals surface area contributed by atoms with Crippen molar-refractivity contribution in [2.24, 2.45) is 5.90 Å². The molecule has 0 aliphatic carbocycles. The van der Waals surface area contributed by atoms with E-state index in [1.54, 1.807) is 0 Å². The first-order valence-corrected chi connectivity index (χ1v) is 12.8. The van der Waals surface area contributed by atoms with Crippen molar-refractivity contribution >= 4 is 7.80 Å². The van der Waals surface area contributed by atoms with E-state index < -0.39 is 7.80 Å². The largest absolute Gasteiger partial charge is 0.369 e. The number of nitrogens with two attached hydrogens (primary N) is 1. The summed E-state index contributed by atoms with van der Waals surface area (Å²) < 4.78 is 11.5. The highest BCUT2D eigenvalue weighted by molar-refractivity contribution is 7.44. The molecule has 0 amide bonds. The molecule has 0 saturated carbocycles. The molecule has 0 aromatic heterocycles. The van der Waals surface area contributed by atoms with Gasteiger partial charge >= 0.3 is 7.80 Å². The molecule has 0 aromatic carbocycles. The van der Waals surface area contributed by atoms with Gasteiger partial charge in [-0.2, -0.15) is 10.8 Å². The van der Waals surface area contributed by atoms with E-state index in [-0.39, 0.29) is 6.35 Å². The molecule has 1 unspecified atom stereocenters. The molecule has 2 N–H and O–H groups in total. The lowest BCUT2D eigenvalue weighted by atomic mass is 10.0. The van der Waals surface area contributed by atoms with Crippen molar-refractivity contribution in [1.29, 1.82) is 0 Å². The number of unbranched alkanes of at least 4 members (excludes halogenated alkanes) is 17. The molecule has 5 heteroatoms. The minimum atomic E-state index is -1.31. The standard InChI is InChI=1S/C21H45NO3P/c1-2-3-4-5-6-7-8-9-10-11-12-13-14-15-16-17-18-19-20-26(23)21-24-25-22/h2-22H2,1H3/q+1. The lowest BCUT2D eigenvalue weighted by Gasteiger charge is -2.03. The third-order valence-corrected chi connectivity index (χ3v) is 6.23. The Morgan fingerprint density at radius 1 is 0.615 bits per heavy atom. The maximum absolute atomic E-state index is 11.5. The molecule has 0 fully saturated rings. The summed E-state index contributed by atoms with van der Waals surface area (Å²) in [5, 5.41) is 0. The van der Waals surface area contributed by atoms with Crippen LogP contribution in [-0.2, 0) is 14.4 Å². The Kier molecular flexibility index (Phi) is 23.0. The van der Waals surface area contributed by atoms with Gasteiger partial charge in [-0.1, -0.05) is 114 Å². The van der Waals surface area contributed by atoms with Crippen LogP contribution in [0.5, 0.6) is 0 Å². The van der Waals surface area contributed by atoms with Gasteiger partial charge in [0, 0.05) is 0 Å². The van der Waals surface area contributed by atoms with E-state index in [4.69, 9.17) is 5.90 Å². The minimum absolute atomic E-state index is 0.116. The van der Waals surface area contributed by atoms with E-state index in [1.165, 1.54) is 109 Å². The van der Waals surface area contributed by atoms with E-state index >= 15 is 0 Å². The lowest BCUT2D eigenvalue weighted by Crippen LogP contribution is -2.00. The van der Waals surface area contributed by atoms with Crippen LogP contribution in [0.15, 0.2) is 0 Å². The predicted octanol–water partition coefficient (Wildman–Crippen LogP) is 7.63. The van der Waals surface area contributed by atoms with Crippen LogP contribution in [-0.4, -0.2) is 12.5 Å². The average molecular weight is 391 g/mol. The fourth-order valence-corrected chi connectivity index (χ4v) is 4.23. The van der Waals surface area contributed by atoms with Crippen LogP contribution < -0.4 is 5.90 Å². The zero-order valence-electron chi connectivity index (χ0n) is 17.4. The van der Waals surface area contributed by atoms with Gasteiger partial charge in [0.2, 0.25) is 0 Å². The quantitative estimate of drug-likeness (QED) is 0.0893. The number of rotatable bonds is 22. The SMILES string of the molecule is CCCCCCCCCCCCCCCCCCCC[P+](=O)COON. The first-order chi connectivity index (χ1) is 12.8. The van der Waals surface area contributed by atoms with E-state index in [9.17, 15) is 4.57 Å². The van der Waals surface area contributed by atoms with Crippen molar-refractivity contribution < 1.29 is 14.4 Å². The second kappa shape index (κ2) is 23.0. The summed E-state index contributed by atoms with van der Waals surface area (Å²) in [5.41, 5.74) is 0. The van der Waals surface area contributed by atoms with Crippen molar-refractivity contribution in [2.75, 3.05) is 12.5 Å². The fourth-order valence-electron chi connectivity index (χ4n) is 3.34. The lowest BCUT2D eigenvalue weighted by molar-refractivity contribution is -0.285. The molecule has 0 heterocycles. The minimum Gasteiger partial charge on any atom is -0.183 e. The Bertz CT molecular complexity index is 290. The Morgan fingerprint density at radius 3 is 1.31 bits per heavy atom. The third-order valence-electron chi connectivity index (χ3n) is 5.03. The first kappa shape index (κ1) is 26.0. The Balaban J connectivity index is 3.04. The Hall–Kier alpha value is -0.0200. The zero-order chi connectivity index (χ0) is 19.1. The van der Waals surface area contributed by atoms with Crippen molar-refractivity contribution in [2.45, 2.75) is 122 Å². The summed E-state index contributed by atoms with van der Waals surface area (Å²) in [5.74, 6) is 4.72. The Morgan fingerprint density at radius 2 is 0.962 bits per heavy atom. The molecule has 0 radical (unpaired) electrons. The Labute approximate surface area is 163 Å². The zero-order valence-corrected chi connectivity index (χ0v) is 18.3.